The van der Waals surface area contributed by atoms with Crippen molar-refractivity contribution < 1.29 is 14.7 Å². The number of amides is 1. The molecular weight excluding hydrogens is 266 g/mol. The minimum absolute atomic E-state index is 0.0243. The maximum atomic E-state index is 12.1. The van der Waals surface area contributed by atoms with Crippen LogP contribution in [0.5, 0.6) is 0 Å². The first-order valence-electron chi connectivity index (χ1n) is 6.22. The van der Waals surface area contributed by atoms with E-state index in [1.165, 1.54) is 16.7 Å². The molecule has 1 aliphatic rings. The summed E-state index contributed by atoms with van der Waals surface area (Å²) in [6, 6.07) is 0. The maximum absolute atomic E-state index is 12.1. The fourth-order valence-corrected chi connectivity index (χ4v) is 2.80. The molecule has 1 aromatic rings. The molecule has 0 aliphatic carbocycles. The molecule has 1 fully saturated rings. The third kappa shape index (κ3) is 3.30. The zero-order valence-corrected chi connectivity index (χ0v) is 11.5. The molecule has 7 heteroatoms. The van der Waals surface area contributed by atoms with E-state index in [9.17, 15) is 9.59 Å². The first kappa shape index (κ1) is 14.0. The summed E-state index contributed by atoms with van der Waals surface area (Å²) >= 11 is 1.24. The topological polar surface area (TPSA) is 91.3 Å². The zero-order valence-electron chi connectivity index (χ0n) is 10.7. The van der Waals surface area contributed by atoms with Crippen molar-refractivity contribution in [2.45, 2.75) is 38.3 Å². The summed E-state index contributed by atoms with van der Waals surface area (Å²) in [5.41, 5.74) is -0.498. The molecule has 0 bridgehead atoms. The minimum atomic E-state index is -1.05. The van der Waals surface area contributed by atoms with Gasteiger partial charge >= 0.3 is 5.97 Å². The second-order valence-corrected chi connectivity index (χ2v) is 5.77. The van der Waals surface area contributed by atoms with Gasteiger partial charge in [0.2, 0.25) is 5.91 Å². The van der Waals surface area contributed by atoms with E-state index in [1.54, 1.807) is 0 Å². The summed E-state index contributed by atoms with van der Waals surface area (Å²) < 4.78 is 0. The second-order valence-electron chi connectivity index (χ2n) is 4.83. The van der Waals surface area contributed by atoms with E-state index in [4.69, 9.17) is 5.11 Å². The number of carbonyl (C=O) groups is 2. The Morgan fingerprint density at radius 1 is 1.58 bits per heavy atom. The van der Waals surface area contributed by atoms with Crippen molar-refractivity contribution in [2.24, 2.45) is 0 Å². The molecular formula is C12H17N3O3S. The van der Waals surface area contributed by atoms with Gasteiger partial charge in [-0.05, 0) is 32.7 Å². The lowest BCUT2D eigenvalue weighted by atomic mass is 9.90. The molecule has 104 valence electrons. The summed E-state index contributed by atoms with van der Waals surface area (Å²) in [6.07, 6.45) is 2.95. The molecule has 1 amide bonds. The number of nitrogens with one attached hydrogen (secondary N) is 2. The van der Waals surface area contributed by atoms with Gasteiger partial charge in [-0.2, -0.15) is 0 Å². The highest BCUT2D eigenvalue weighted by Crippen LogP contribution is 2.19. The predicted octanol–water partition coefficient (Wildman–Crippen LogP) is 0.990. The van der Waals surface area contributed by atoms with E-state index in [0.717, 1.165) is 25.8 Å². The van der Waals surface area contributed by atoms with E-state index < -0.39 is 11.5 Å². The number of carboxylic acids is 1. The van der Waals surface area contributed by atoms with Gasteiger partial charge in [-0.15, -0.1) is 11.3 Å². The third-order valence-electron chi connectivity index (χ3n) is 3.29. The average molecular weight is 283 g/mol. The Balaban J connectivity index is 1.90. The van der Waals surface area contributed by atoms with Gasteiger partial charge in [-0.3, -0.25) is 4.79 Å². The number of hydrogen-bond donors (Lipinski definition) is 3. The van der Waals surface area contributed by atoms with E-state index in [0.29, 0.717) is 5.01 Å². The van der Waals surface area contributed by atoms with Crippen LogP contribution in [-0.4, -0.2) is 34.1 Å². The molecule has 0 aromatic carbocycles. The molecule has 0 radical (unpaired) electrons. The predicted molar refractivity (Wildman–Crippen MR) is 71.2 cm³/mol. The van der Waals surface area contributed by atoms with Crippen LogP contribution in [0, 0.1) is 0 Å². The molecule has 0 spiro atoms. The summed E-state index contributed by atoms with van der Waals surface area (Å²) in [5.74, 6) is -1.10. The molecule has 0 saturated carbocycles. The number of carbonyl (C=O) groups excluding carboxylic acids is 1. The largest absolute Gasteiger partial charge is 0.476 e. The van der Waals surface area contributed by atoms with Crippen LogP contribution in [0.3, 0.4) is 0 Å². The Morgan fingerprint density at radius 2 is 2.37 bits per heavy atom. The summed E-state index contributed by atoms with van der Waals surface area (Å²) in [4.78, 5) is 26.8. The molecule has 1 aromatic heterocycles. The molecule has 6 nitrogen and oxygen atoms in total. The lowest BCUT2D eigenvalue weighted by Crippen LogP contribution is -2.56. The van der Waals surface area contributed by atoms with Crippen LogP contribution >= 0.6 is 11.3 Å². The quantitative estimate of drug-likeness (QED) is 0.766. The number of hydrogen-bond acceptors (Lipinski definition) is 5. The smallest absolute Gasteiger partial charge is 0.355 e. The van der Waals surface area contributed by atoms with Crippen molar-refractivity contribution in [3.8, 4) is 0 Å². The summed E-state index contributed by atoms with van der Waals surface area (Å²) in [7, 11) is 0. The van der Waals surface area contributed by atoms with Crippen LogP contribution < -0.4 is 10.6 Å². The Hall–Kier alpha value is -1.47. The Kier molecular flexibility index (Phi) is 4.16. The van der Waals surface area contributed by atoms with E-state index in [2.05, 4.69) is 15.6 Å². The van der Waals surface area contributed by atoms with Gasteiger partial charge in [0, 0.05) is 5.38 Å². The molecule has 19 heavy (non-hydrogen) atoms. The van der Waals surface area contributed by atoms with Gasteiger partial charge in [0.05, 0.1) is 12.1 Å². The maximum Gasteiger partial charge on any atom is 0.355 e. The Labute approximate surface area is 115 Å². The fraction of sp³-hybridized carbons (Fsp3) is 0.583. The third-order valence-corrected chi connectivity index (χ3v) is 4.14. The Bertz CT molecular complexity index is 480. The zero-order chi connectivity index (χ0) is 13.9. The van der Waals surface area contributed by atoms with E-state index in [-0.39, 0.29) is 18.1 Å². The standard InChI is InChI=1S/C12H17N3O3S/c1-12(4-2-3-5-14-12)11(18)13-6-9-15-8(7-19-9)10(16)17/h7,14H,2-6H2,1H3,(H,13,18)(H,16,17). The molecule has 1 unspecified atom stereocenters. The van der Waals surface area contributed by atoms with Crippen molar-refractivity contribution in [1.82, 2.24) is 15.6 Å². The van der Waals surface area contributed by atoms with E-state index in [1.807, 2.05) is 6.92 Å². The highest BCUT2D eigenvalue weighted by Gasteiger charge is 2.33. The van der Waals surface area contributed by atoms with Gasteiger partial charge in [-0.1, -0.05) is 0 Å². The number of carboxylic acid groups (broad SMARTS) is 1. The second kappa shape index (κ2) is 5.66. The van der Waals surface area contributed by atoms with Gasteiger partial charge < -0.3 is 15.7 Å². The van der Waals surface area contributed by atoms with Gasteiger partial charge in [0.15, 0.2) is 5.69 Å². The summed E-state index contributed by atoms with van der Waals surface area (Å²) in [6.45, 7) is 3.02. The molecule has 2 rings (SSSR count). The number of piperidine rings is 1. The van der Waals surface area contributed by atoms with Crippen LogP contribution in [0.25, 0.3) is 0 Å². The van der Waals surface area contributed by atoms with Crippen molar-refractivity contribution in [2.75, 3.05) is 6.54 Å². The first-order chi connectivity index (χ1) is 9.01. The lowest BCUT2D eigenvalue weighted by Gasteiger charge is -2.33. The van der Waals surface area contributed by atoms with E-state index >= 15 is 0 Å². The highest BCUT2D eigenvalue weighted by molar-refractivity contribution is 7.09. The molecule has 1 aliphatic heterocycles. The minimum Gasteiger partial charge on any atom is -0.476 e. The summed E-state index contributed by atoms with van der Waals surface area (Å²) in [5, 5.41) is 16.9. The van der Waals surface area contributed by atoms with Gasteiger partial charge in [-0.25, -0.2) is 9.78 Å². The number of nitrogens with zero attached hydrogens (tertiary/aromatic N) is 1. The molecule has 3 N–H and O–H groups in total. The Morgan fingerprint density at radius 3 is 2.95 bits per heavy atom. The lowest BCUT2D eigenvalue weighted by molar-refractivity contribution is -0.128. The average Bonchev–Trinajstić information content (AvgIpc) is 2.85. The van der Waals surface area contributed by atoms with Crippen LogP contribution in [-0.2, 0) is 11.3 Å². The number of aromatic nitrogens is 1. The number of aromatic carboxylic acids is 1. The monoisotopic (exact) mass is 283 g/mol. The SMILES string of the molecule is CC1(C(=O)NCc2nc(C(=O)O)cs2)CCCCN1. The fourth-order valence-electron chi connectivity index (χ4n) is 2.09. The van der Waals surface area contributed by atoms with Crippen LogP contribution in [0.15, 0.2) is 5.38 Å². The first-order valence-corrected chi connectivity index (χ1v) is 7.10. The van der Waals surface area contributed by atoms with Crippen molar-refractivity contribution in [3.63, 3.8) is 0 Å². The van der Waals surface area contributed by atoms with Crippen molar-refractivity contribution >= 4 is 23.2 Å². The number of rotatable bonds is 4. The molecule has 1 saturated heterocycles. The number of thiazole rings is 1. The highest BCUT2D eigenvalue weighted by atomic mass is 32.1. The van der Waals surface area contributed by atoms with Gasteiger partial charge in [0.1, 0.15) is 5.01 Å². The van der Waals surface area contributed by atoms with Crippen LogP contribution in [0.1, 0.15) is 41.7 Å². The van der Waals surface area contributed by atoms with Crippen LogP contribution in [0.2, 0.25) is 0 Å². The molecule has 2 heterocycles. The van der Waals surface area contributed by atoms with Crippen molar-refractivity contribution in [1.29, 1.82) is 0 Å². The molecule has 1 atom stereocenters. The van der Waals surface area contributed by atoms with Crippen molar-refractivity contribution in [3.05, 3.63) is 16.1 Å². The van der Waals surface area contributed by atoms with Gasteiger partial charge in [0.25, 0.3) is 0 Å². The normalized spacial score (nSPS) is 23.0. The van der Waals surface area contributed by atoms with Crippen LogP contribution in [0.4, 0.5) is 0 Å².